The van der Waals surface area contributed by atoms with E-state index in [1.165, 1.54) is 0 Å². The van der Waals surface area contributed by atoms with Gasteiger partial charge in [0, 0.05) is 19.0 Å². The molecule has 1 fully saturated rings. The number of aromatic amines is 1. The van der Waals surface area contributed by atoms with Crippen LogP contribution in [0, 0.1) is 6.92 Å². The van der Waals surface area contributed by atoms with Crippen molar-refractivity contribution in [2.45, 2.75) is 45.4 Å². The van der Waals surface area contributed by atoms with Gasteiger partial charge in [-0.1, -0.05) is 38.1 Å². The highest BCUT2D eigenvalue weighted by Crippen LogP contribution is 2.29. The topological polar surface area (TPSA) is 58.2 Å². The Kier molecular flexibility index (Phi) is 5.56. The normalized spacial score (nSPS) is 17.1. The number of piperidine rings is 1. The number of para-hydroxylation sites is 2. The fourth-order valence-electron chi connectivity index (χ4n) is 4.07. The van der Waals surface area contributed by atoms with Gasteiger partial charge in [-0.05, 0) is 55.0 Å². The first-order valence-corrected chi connectivity index (χ1v) is 10.5. The number of aromatic nitrogens is 2. The summed E-state index contributed by atoms with van der Waals surface area (Å²) in [6.45, 7) is 7.87. The molecule has 1 unspecified atom stereocenters. The molecule has 5 nitrogen and oxygen atoms in total. The number of likely N-dealkylation sites (tertiary alicyclic amines) is 1. The van der Waals surface area contributed by atoms with Crippen molar-refractivity contribution in [1.29, 1.82) is 0 Å². The van der Waals surface area contributed by atoms with E-state index in [1.54, 1.807) is 0 Å². The number of hydrogen-bond acceptors (Lipinski definition) is 3. The lowest BCUT2D eigenvalue weighted by atomic mass is 9.97. The molecule has 4 rings (SSSR count). The van der Waals surface area contributed by atoms with Gasteiger partial charge in [0.25, 0.3) is 5.91 Å². The number of amides is 1. The smallest absolute Gasteiger partial charge is 0.260 e. The van der Waals surface area contributed by atoms with Crippen LogP contribution in [0.4, 0.5) is 0 Å². The molecule has 2 heterocycles. The second-order valence-electron chi connectivity index (χ2n) is 8.30. The number of benzene rings is 2. The Morgan fingerprint density at radius 3 is 2.90 bits per heavy atom. The molecule has 152 valence electrons. The van der Waals surface area contributed by atoms with E-state index in [2.05, 4.69) is 31.0 Å². The van der Waals surface area contributed by atoms with Gasteiger partial charge < -0.3 is 14.6 Å². The Hall–Kier alpha value is -2.82. The van der Waals surface area contributed by atoms with Gasteiger partial charge >= 0.3 is 0 Å². The van der Waals surface area contributed by atoms with Crippen molar-refractivity contribution in [3.05, 3.63) is 59.4 Å². The van der Waals surface area contributed by atoms with Crippen LogP contribution in [0.1, 0.15) is 55.5 Å². The van der Waals surface area contributed by atoms with E-state index in [4.69, 9.17) is 9.72 Å². The summed E-state index contributed by atoms with van der Waals surface area (Å²) in [5.41, 5.74) is 4.31. The second-order valence-corrected chi connectivity index (χ2v) is 8.30. The summed E-state index contributed by atoms with van der Waals surface area (Å²) < 4.78 is 5.97. The summed E-state index contributed by atoms with van der Waals surface area (Å²) in [7, 11) is 0. The van der Waals surface area contributed by atoms with Crippen molar-refractivity contribution < 1.29 is 9.53 Å². The first kappa shape index (κ1) is 19.5. The van der Waals surface area contributed by atoms with Crippen LogP contribution in [-0.4, -0.2) is 40.5 Å². The number of H-pyrrole nitrogens is 1. The van der Waals surface area contributed by atoms with Crippen LogP contribution in [0.25, 0.3) is 11.0 Å². The summed E-state index contributed by atoms with van der Waals surface area (Å²) in [6, 6.07) is 14.3. The first-order chi connectivity index (χ1) is 14.0. The standard InChI is InChI=1S/C24H29N3O2/c1-16(2)19-11-10-17(3)13-22(19)29-15-23(28)27-12-6-7-18(14-27)24-25-20-8-4-5-9-21(20)26-24/h4-5,8-11,13,16,18H,6-7,12,14-15H2,1-3H3,(H,25,26). The lowest BCUT2D eigenvalue weighted by Crippen LogP contribution is -2.41. The number of imidazole rings is 1. The number of hydrogen-bond donors (Lipinski definition) is 1. The maximum atomic E-state index is 12.9. The number of carbonyl (C=O) groups is 1. The Labute approximate surface area is 172 Å². The molecule has 1 saturated heterocycles. The van der Waals surface area contributed by atoms with Crippen LogP contribution in [0.5, 0.6) is 5.75 Å². The molecule has 3 aromatic rings. The van der Waals surface area contributed by atoms with Gasteiger partial charge in [0.1, 0.15) is 11.6 Å². The fraction of sp³-hybridized carbons (Fsp3) is 0.417. The number of ether oxygens (including phenoxy) is 1. The number of fused-ring (bicyclic) bond motifs is 1. The zero-order chi connectivity index (χ0) is 20.4. The maximum Gasteiger partial charge on any atom is 0.260 e. The molecule has 0 saturated carbocycles. The van der Waals surface area contributed by atoms with Crippen LogP contribution < -0.4 is 4.74 Å². The van der Waals surface area contributed by atoms with E-state index in [0.717, 1.165) is 53.1 Å². The highest BCUT2D eigenvalue weighted by atomic mass is 16.5. The van der Waals surface area contributed by atoms with Crippen molar-refractivity contribution in [2.24, 2.45) is 0 Å². The van der Waals surface area contributed by atoms with Crippen molar-refractivity contribution >= 4 is 16.9 Å². The number of carbonyl (C=O) groups excluding carboxylic acids is 1. The van der Waals surface area contributed by atoms with Crippen LogP contribution in [0.2, 0.25) is 0 Å². The van der Waals surface area contributed by atoms with Crippen LogP contribution in [0.15, 0.2) is 42.5 Å². The maximum absolute atomic E-state index is 12.9. The lowest BCUT2D eigenvalue weighted by Gasteiger charge is -2.32. The first-order valence-electron chi connectivity index (χ1n) is 10.5. The Morgan fingerprint density at radius 2 is 2.10 bits per heavy atom. The van der Waals surface area contributed by atoms with Crippen molar-refractivity contribution in [3.63, 3.8) is 0 Å². The van der Waals surface area contributed by atoms with Gasteiger partial charge in [-0.2, -0.15) is 0 Å². The zero-order valence-corrected chi connectivity index (χ0v) is 17.4. The van der Waals surface area contributed by atoms with Gasteiger partial charge in [0.2, 0.25) is 0 Å². The summed E-state index contributed by atoms with van der Waals surface area (Å²) in [6.07, 6.45) is 2.02. The zero-order valence-electron chi connectivity index (χ0n) is 17.4. The van der Waals surface area contributed by atoms with Crippen LogP contribution in [0.3, 0.4) is 0 Å². The summed E-state index contributed by atoms with van der Waals surface area (Å²) in [4.78, 5) is 22.9. The predicted octanol–water partition coefficient (Wildman–Crippen LogP) is 4.78. The highest BCUT2D eigenvalue weighted by Gasteiger charge is 2.27. The van der Waals surface area contributed by atoms with E-state index in [0.29, 0.717) is 12.5 Å². The SMILES string of the molecule is Cc1ccc(C(C)C)c(OCC(=O)N2CCCC(c3nc4ccccc4[nH]3)C2)c1. The van der Waals surface area contributed by atoms with E-state index < -0.39 is 0 Å². The second kappa shape index (κ2) is 8.27. The van der Waals surface area contributed by atoms with Gasteiger partial charge in [-0.25, -0.2) is 4.98 Å². The average molecular weight is 392 g/mol. The molecule has 1 N–H and O–H groups in total. The van der Waals surface area contributed by atoms with Crippen molar-refractivity contribution in [2.75, 3.05) is 19.7 Å². The van der Waals surface area contributed by atoms with E-state index >= 15 is 0 Å². The molecule has 2 aromatic carbocycles. The summed E-state index contributed by atoms with van der Waals surface area (Å²) in [5, 5.41) is 0. The molecule has 0 radical (unpaired) electrons. The minimum Gasteiger partial charge on any atom is -0.483 e. The molecule has 0 bridgehead atoms. The molecule has 0 aliphatic carbocycles. The number of rotatable bonds is 5. The predicted molar refractivity (Wildman–Crippen MR) is 115 cm³/mol. The Morgan fingerprint density at radius 1 is 1.28 bits per heavy atom. The lowest BCUT2D eigenvalue weighted by molar-refractivity contribution is -0.134. The molecule has 1 aliphatic rings. The Balaban J connectivity index is 1.42. The molecule has 5 heteroatoms. The minimum absolute atomic E-state index is 0.0435. The van der Waals surface area contributed by atoms with Crippen LogP contribution in [-0.2, 0) is 4.79 Å². The van der Waals surface area contributed by atoms with Crippen LogP contribution >= 0.6 is 0 Å². The number of aryl methyl sites for hydroxylation is 1. The van der Waals surface area contributed by atoms with Crippen molar-refractivity contribution in [1.82, 2.24) is 14.9 Å². The highest BCUT2D eigenvalue weighted by molar-refractivity contribution is 5.78. The molecule has 0 spiro atoms. The molecule has 1 atom stereocenters. The monoisotopic (exact) mass is 391 g/mol. The molecular formula is C24H29N3O2. The minimum atomic E-state index is 0.0435. The number of nitrogens with one attached hydrogen (secondary N) is 1. The third kappa shape index (κ3) is 4.29. The van der Waals surface area contributed by atoms with Gasteiger partial charge in [0.05, 0.1) is 11.0 Å². The van der Waals surface area contributed by atoms with E-state index in [1.807, 2.05) is 42.2 Å². The Bertz CT molecular complexity index is 975. The quantitative estimate of drug-likeness (QED) is 0.681. The third-order valence-corrected chi connectivity index (χ3v) is 5.71. The fourth-order valence-corrected chi connectivity index (χ4v) is 4.07. The number of nitrogens with zero attached hydrogens (tertiary/aromatic N) is 2. The summed E-state index contributed by atoms with van der Waals surface area (Å²) in [5.74, 6) is 2.44. The van der Waals surface area contributed by atoms with Gasteiger partial charge in [-0.3, -0.25) is 4.79 Å². The largest absolute Gasteiger partial charge is 0.483 e. The molecule has 1 amide bonds. The molecular weight excluding hydrogens is 362 g/mol. The van der Waals surface area contributed by atoms with Gasteiger partial charge in [0.15, 0.2) is 6.61 Å². The molecule has 1 aromatic heterocycles. The van der Waals surface area contributed by atoms with Crippen molar-refractivity contribution in [3.8, 4) is 5.75 Å². The summed E-state index contributed by atoms with van der Waals surface area (Å²) >= 11 is 0. The molecule has 1 aliphatic heterocycles. The molecule has 29 heavy (non-hydrogen) atoms. The third-order valence-electron chi connectivity index (χ3n) is 5.71. The van der Waals surface area contributed by atoms with E-state index in [-0.39, 0.29) is 18.4 Å². The van der Waals surface area contributed by atoms with E-state index in [9.17, 15) is 4.79 Å². The van der Waals surface area contributed by atoms with Gasteiger partial charge in [-0.15, -0.1) is 0 Å². The average Bonchev–Trinajstić information content (AvgIpc) is 3.16.